The van der Waals surface area contributed by atoms with E-state index in [0.717, 1.165) is 22.1 Å². The van der Waals surface area contributed by atoms with Crippen molar-refractivity contribution in [1.29, 1.82) is 0 Å². The first-order valence-electron chi connectivity index (χ1n) is 5.79. The maximum absolute atomic E-state index is 4.31. The molecule has 0 saturated heterocycles. The Balaban J connectivity index is 1.70. The molecule has 2 aliphatic carbocycles. The highest BCUT2D eigenvalue weighted by Gasteiger charge is 2.40. The van der Waals surface area contributed by atoms with Gasteiger partial charge in [0, 0.05) is 12.0 Å². The topological polar surface area (TPSA) is 24.9 Å². The van der Waals surface area contributed by atoms with Crippen molar-refractivity contribution in [1.82, 2.24) is 4.98 Å². The molecule has 0 aromatic carbocycles. The normalized spacial score (nSPS) is 31.0. The van der Waals surface area contributed by atoms with E-state index in [1.807, 2.05) is 6.20 Å². The number of aryl methyl sites for hydroxylation is 1. The van der Waals surface area contributed by atoms with Crippen LogP contribution in [0.4, 0.5) is 5.69 Å². The van der Waals surface area contributed by atoms with Crippen molar-refractivity contribution in [2.75, 3.05) is 5.32 Å². The van der Waals surface area contributed by atoms with E-state index in [1.54, 1.807) is 0 Å². The van der Waals surface area contributed by atoms with Crippen molar-refractivity contribution >= 4 is 21.6 Å². The lowest BCUT2D eigenvalue weighted by Crippen LogP contribution is -2.43. The lowest BCUT2D eigenvalue weighted by atomic mass is 9.71. The largest absolute Gasteiger partial charge is 0.380 e. The van der Waals surface area contributed by atoms with Gasteiger partial charge in [-0.25, -0.2) is 4.98 Å². The standard InChI is InChI=1S/C13H15BrN2/c1-8-5-10(7-15-13(8)14)16-12-6-9-3-2-4-11(9)12/h2,4-5,7,9,11-12,16H,3,6H2,1H3. The molecule has 1 N–H and O–H groups in total. The molecule has 3 unspecified atom stereocenters. The highest BCUT2D eigenvalue weighted by Crippen LogP contribution is 2.44. The summed E-state index contributed by atoms with van der Waals surface area (Å²) in [4.78, 5) is 4.31. The fourth-order valence-electron chi connectivity index (χ4n) is 2.73. The smallest absolute Gasteiger partial charge is 0.109 e. The zero-order valence-corrected chi connectivity index (χ0v) is 10.9. The molecule has 0 aliphatic heterocycles. The summed E-state index contributed by atoms with van der Waals surface area (Å²) in [5.41, 5.74) is 2.33. The SMILES string of the molecule is Cc1cc(NC2CC3CC=CC32)cnc1Br. The van der Waals surface area contributed by atoms with Gasteiger partial charge in [0.15, 0.2) is 0 Å². The van der Waals surface area contributed by atoms with Crippen LogP contribution in [0, 0.1) is 18.8 Å². The zero-order chi connectivity index (χ0) is 11.1. The van der Waals surface area contributed by atoms with E-state index in [4.69, 9.17) is 0 Å². The first-order valence-corrected chi connectivity index (χ1v) is 6.58. The van der Waals surface area contributed by atoms with Crippen LogP contribution < -0.4 is 5.32 Å². The summed E-state index contributed by atoms with van der Waals surface area (Å²) < 4.78 is 0.935. The Bertz CT molecular complexity index is 442. The molecular formula is C13H15BrN2. The molecule has 0 radical (unpaired) electrons. The second-order valence-corrected chi connectivity index (χ2v) is 5.57. The highest BCUT2D eigenvalue weighted by atomic mass is 79.9. The number of hydrogen-bond acceptors (Lipinski definition) is 2. The predicted molar refractivity (Wildman–Crippen MR) is 69.4 cm³/mol. The minimum absolute atomic E-state index is 0.617. The third kappa shape index (κ3) is 1.67. The van der Waals surface area contributed by atoms with Crippen LogP contribution in [0.3, 0.4) is 0 Å². The maximum Gasteiger partial charge on any atom is 0.109 e. The molecule has 0 amide bonds. The lowest BCUT2D eigenvalue weighted by molar-refractivity contribution is 0.218. The molecule has 1 aromatic heterocycles. The van der Waals surface area contributed by atoms with Crippen molar-refractivity contribution in [2.24, 2.45) is 11.8 Å². The number of nitrogens with zero attached hydrogens (tertiary/aromatic N) is 1. The number of rotatable bonds is 2. The highest BCUT2D eigenvalue weighted by molar-refractivity contribution is 9.10. The van der Waals surface area contributed by atoms with Crippen LogP contribution in [0.15, 0.2) is 29.0 Å². The molecule has 3 heteroatoms. The number of hydrogen-bond donors (Lipinski definition) is 1. The first kappa shape index (κ1) is 10.3. The summed E-state index contributed by atoms with van der Waals surface area (Å²) in [5.74, 6) is 1.66. The van der Waals surface area contributed by atoms with E-state index in [1.165, 1.54) is 18.4 Å². The Morgan fingerprint density at radius 1 is 1.50 bits per heavy atom. The Morgan fingerprint density at radius 2 is 2.38 bits per heavy atom. The molecule has 84 valence electrons. The van der Waals surface area contributed by atoms with E-state index >= 15 is 0 Å². The van der Waals surface area contributed by atoms with Crippen molar-refractivity contribution in [3.63, 3.8) is 0 Å². The number of anilines is 1. The molecule has 1 heterocycles. The van der Waals surface area contributed by atoms with Gasteiger partial charge in [-0.15, -0.1) is 0 Å². The van der Waals surface area contributed by atoms with Gasteiger partial charge in [-0.05, 0) is 53.2 Å². The fourth-order valence-corrected chi connectivity index (χ4v) is 2.95. The van der Waals surface area contributed by atoms with Gasteiger partial charge < -0.3 is 5.32 Å². The molecule has 2 nitrogen and oxygen atoms in total. The van der Waals surface area contributed by atoms with Gasteiger partial charge in [-0.2, -0.15) is 0 Å². The average Bonchev–Trinajstić information content (AvgIpc) is 2.61. The molecule has 1 aromatic rings. The number of aromatic nitrogens is 1. The summed E-state index contributed by atoms with van der Waals surface area (Å²) in [5, 5.41) is 3.58. The zero-order valence-electron chi connectivity index (χ0n) is 9.28. The van der Waals surface area contributed by atoms with Crippen molar-refractivity contribution in [2.45, 2.75) is 25.8 Å². The summed E-state index contributed by atoms with van der Waals surface area (Å²) in [7, 11) is 0. The van der Waals surface area contributed by atoms with Crippen LogP contribution in [-0.2, 0) is 0 Å². The molecule has 0 spiro atoms. The molecular weight excluding hydrogens is 264 g/mol. The van der Waals surface area contributed by atoms with Gasteiger partial charge in [0.2, 0.25) is 0 Å². The summed E-state index contributed by atoms with van der Waals surface area (Å²) in [6, 6.07) is 2.77. The summed E-state index contributed by atoms with van der Waals surface area (Å²) in [6.45, 7) is 2.07. The van der Waals surface area contributed by atoms with E-state index in [2.05, 4.69) is 51.4 Å². The van der Waals surface area contributed by atoms with Crippen LogP contribution >= 0.6 is 15.9 Å². The summed E-state index contributed by atoms with van der Waals surface area (Å²) >= 11 is 3.42. The molecule has 2 aliphatic rings. The van der Waals surface area contributed by atoms with Crippen molar-refractivity contribution in [3.8, 4) is 0 Å². The van der Waals surface area contributed by atoms with E-state index in [-0.39, 0.29) is 0 Å². The second kappa shape index (κ2) is 3.88. The fraction of sp³-hybridized carbons (Fsp3) is 0.462. The third-order valence-corrected chi connectivity index (χ3v) is 4.56. The molecule has 1 saturated carbocycles. The van der Waals surface area contributed by atoms with Gasteiger partial charge in [-0.3, -0.25) is 0 Å². The quantitative estimate of drug-likeness (QED) is 0.661. The van der Waals surface area contributed by atoms with E-state index in [9.17, 15) is 0 Å². The van der Waals surface area contributed by atoms with Crippen molar-refractivity contribution in [3.05, 3.63) is 34.6 Å². The van der Waals surface area contributed by atoms with Crippen LogP contribution in [0.2, 0.25) is 0 Å². The Labute approximate surface area is 104 Å². The number of nitrogens with one attached hydrogen (secondary N) is 1. The number of halogens is 1. The molecule has 1 fully saturated rings. The van der Waals surface area contributed by atoms with Crippen molar-refractivity contribution < 1.29 is 0 Å². The maximum atomic E-state index is 4.31. The summed E-state index contributed by atoms with van der Waals surface area (Å²) in [6.07, 6.45) is 9.17. The minimum Gasteiger partial charge on any atom is -0.380 e. The molecule has 0 bridgehead atoms. The second-order valence-electron chi connectivity index (χ2n) is 4.82. The van der Waals surface area contributed by atoms with Crippen LogP contribution in [-0.4, -0.2) is 11.0 Å². The number of allylic oxidation sites excluding steroid dienone is 1. The monoisotopic (exact) mass is 278 g/mol. The van der Waals surface area contributed by atoms with Gasteiger partial charge in [0.05, 0.1) is 11.9 Å². The Kier molecular flexibility index (Phi) is 2.51. The molecule has 16 heavy (non-hydrogen) atoms. The van der Waals surface area contributed by atoms with Crippen LogP contribution in [0.1, 0.15) is 18.4 Å². The number of fused-ring (bicyclic) bond motifs is 1. The molecule has 3 rings (SSSR count). The number of pyridine rings is 1. The average molecular weight is 279 g/mol. The lowest BCUT2D eigenvalue weighted by Gasteiger charge is -2.41. The van der Waals surface area contributed by atoms with E-state index < -0.39 is 0 Å². The third-order valence-electron chi connectivity index (χ3n) is 3.73. The van der Waals surface area contributed by atoms with Crippen LogP contribution in [0.25, 0.3) is 0 Å². The Hall–Kier alpha value is -0.830. The predicted octanol–water partition coefficient (Wildman–Crippen LogP) is 3.53. The van der Waals surface area contributed by atoms with Gasteiger partial charge in [0.25, 0.3) is 0 Å². The minimum atomic E-state index is 0.617. The van der Waals surface area contributed by atoms with Crippen LogP contribution in [0.5, 0.6) is 0 Å². The van der Waals surface area contributed by atoms with E-state index in [0.29, 0.717) is 6.04 Å². The van der Waals surface area contributed by atoms with Gasteiger partial charge in [-0.1, -0.05) is 12.2 Å². The van der Waals surface area contributed by atoms with Gasteiger partial charge >= 0.3 is 0 Å². The molecule has 3 atom stereocenters. The van der Waals surface area contributed by atoms with Gasteiger partial charge in [0.1, 0.15) is 4.60 Å². The Morgan fingerprint density at radius 3 is 3.12 bits per heavy atom. The first-order chi connectivity index (χ1) is 7.74.